The molecule has 1 aromatic heterocycles. The van der Waals surface area contributed by atoms with Crippen molar-refractivity contribution in [1.29, 1.82) is 0 Å². The van der Waals surface area contributed by atoms with E-state index in [9.17, 15) is 4.79 Å². The zero-order valence-corrected chi connectivity index (χ0v) is 20.5. The summed E-state index contributed by atoms with van der Waals surface area (Å²) >= 11 is 0. The maximum Gasteiger partial charge on any atom is 0.327 e. The smallest absolute Gasteiger partial charge is 0.326 e. The first-order valence-corrected chi connectivity index (χ1v) is 12.6. The van der Waals surface area contributed by atoms with E-state index in [1.54, 1.807) is 0 Å². The number of amides is 2. The van der Waals surface area contributed by atoms with Gasteiger partial charge in [0.05, 0.1) is 18.6 Å². The van der Waals surface area contributed by atoms with Crippen LogP contribution >= 0.6 is 0 Å². The van der Waals surface area contributed by atoms with E-state index >= 15 is 0 Å². The van der Waals surface area contributed by atoms with Crippen LogP contribution in [0.1, 0.15) is 34.0 Å². The van der Waals surface area contributed by atoms with Gasteiger partial charge in [0.25, 0.3) is 0 Å². The summed E-state index contributed by atoms with van der Waals surface area (Å²) in [5.74, 6) is 0.725. The normalized spacial score (nSPS) is 15.0. The molecule has 1 aliphatic heterocycles. The van der Waals surface area contributed by atoms with Gasteiger partial charge in [-0.05, 0) is 22.3 Å². The number of anilines is 1. The van der Waals surface area contributed by atoms with Crippen molar-refractivity contribution in [2.24, 2.45) is 0 Å². The Morgan fingerprint density at radius 1 is 0.595 bits per heavy atom. The lowest BCUT2D eigenvalue weighted by molar-refractivity contribution is 0.179. The van der Waals surface area contributed by atoms with Crippen LogP contribution in [-0.2, 0) is 19.6 Å². The standard InChI is InChI=1S/C32H28N4O/c37-32-35(22-26-15-7-2-8-16-26)29(28-19-11-4-12-20-28)30-31(36(32)23-27-17-9-3-10-18-27)33-24-34(30)21-25-13-5-1-6-14-25/h1-20,24,29H,21-23H2. The summed E-state index contributed by atoms with van der Waals surface area (Å²) in [4.78, 5) is 22.9. The molecule has 1 atom stereocenters. The van der Waals surface area contributed by atoms with Crippen molar-refractivity contribution in [2.75, 3.05) is 4.90 Å². The van der Waals surface area contributed by atoms with Crippen LogP contribution < -0.4 is 4.90 Å². The largest absolute Gasteiger partial charge is 0.327 e. The molecule has 0 saturated carbocycles. The number of rotatable bonds is 7. The third-order valence-electron chi connectivity index (χ3n) is 6.85. The van der Waals surface area contributed by atoms with Gasteiger partial charge >= 0.3 is 6.03 Å². The average Bonchev–Trinajstić information content (AvgIpc) is 3.36. The minimum absolute atomic E-state index is 0.0426. The van der Waals surface area contributed by atoms with E-state index in [2.05, 4.69) is 65.2 Å². The van der Waals surface area contributed by atoms with Gasteiger partial charge in [-0.1, -0.05) is 121 Å². The molecule has 5 heteroatoms. The van der Waals surface area contributed by atoms with Gasteiger partial charge in [-0.3, -0.25) is 4.90 Å². The maximum atomic E-state index is 14.3. The lowest BCUT2D eigenvalue weighted by atomic mass is 9.98. The highest BCUT2D eigenvalue weighted by atomic mass is 16.2. The second-order valence-electron chi connectivity index (χ2n) is 9.35. The minimum Gasteiger partial charge on any atom is -0.326 e. The molecule has 2 amide bonds. The summed E-state index contributed by atoms with van der Waals surface area (Å²) in [6, 6.07) is 40.7. The molecule has 6 rings (SSSR count). The van der Waals surface area contributed by atoms with Crippen LogP contribution in [0.2, 0.25) is 0 Å². The second kappa shape index (κ2) is 10.2. The number of aromatic nitrogens is 2. The van der Waals surface area contributed by atoms with E-state index in [0.717, 1.165) is 28.2 Å². The van der Waals surface area contributed by atoms with Crippen LogP contribution in [-0.4, -0.2) is 20.5 Å². The van der Waals surface area contributed by atoms with E-state index in [4.69, 9.17) is 4.98 Å². The molecule has 5 nitrogen and oxygen atoms in total. The molecule has 0 bridgehead atoms. The fraction of sp³-hybridized carbons (Fsp3) is 0.125. The van der Waals surface area contributed by atoms with Gasteiger partial charge in [0.1, 0.15) is 6.04 Å². The molecule has 0 N–H and O–H groups in total. The summed E-state index contributed by atoms with van der Waals surface area (Å²) in [7, 11) is 0. The molecule has 0 fully saturated rings. The molecule has 1 aliphatic rings. The highest BCUT2D eigenvalue weighted by Crippen LogP contribution is 2.41. The first kappa shape index (κ1) is 22.8. The average molecular weight is 485 g/mol. The first-order chi connectivity index (χ1) is 18.3. The Morgan fingerprint density at radius 2 is 1.08 bits per heavy atom. The topological polar surface area (TPSA) is 41.4 Å². The maximum absolute atomic E-state index is 14.3. The third-order valence-corrected chi connectivity index (χ3v) is 6.85. The van der Waals surface area contributed by atoms with Crippen LogP contribution in [0.4, 0.5) is 10.6 Å². The highest BCUT2D eigenvalue weighted by Gasteiger charge is 2.41. The fourth-order valence-electron chi connectivity index (χ4n) is 5.10. The Bertz CT molecular complexity index is 1470. The molecule has 37 heavy (non-hydrogen) atoms. The van der Waals surface area contributed by atoms with Crippen molar-refractivity contribution in [2.45, 2.75) is 25.7 Å². The zero-order valence-electron chi connectivity index (χ0n) is 20.5. The number of urea groups is 1. The van der Waals surface area contributed by atoms with E-state index < -0.39 is 0 Å². The highest BCUT2D eigenvalue weighted by molar-refractivity contribution is 5.94. The Hall–Kier alpha value is -4.64. The van der Waals surface area contributed by atoms with Gasteiger partial charge < -0.3 is 9.47 Å². The Labute approximate surface area is 217 Å². The fourth-order valence-corrected chi connectivity index (χ4v) is 5.10. The lowest BCUT2D eigenvalue weighted by Gasteiger charge is -2.41. The van der Waals surface area contributed by atoms with Crippen molar-refractivity contribution in [3.8, 4) is 0 Å². The zero-order chi connectivity index (χ0) is 25.0. The molecule has 1 unspecified atom stereocenters. The number of carbonyl (C=O) groups excluding carboxylic acids is 1. The van der Waals surface area contributed by atoms with Crippen molar-refractivity contribution < 1.29 is 4.79 Å². The minimum atomic E-state index is -0.262. The van der Waals surface area contributed by atoms with E-state index in [0.29, 0.717) is 19.6 Å². The number of fused-ring (bicyclic) bond motifs is 1. The van der Waals surface area contributed by atoms with Crippen LogP contribution in [0.25, 0.3) is 0 Å². The molecule has 4 aromatic carbocycles. The van der Waals surface area contributed by atoms with Gasteiger partial charge in [0.2, 0.25) is 0 Å². The van der Waals surface area contributed by atoms with Gasteiger partial charge in [-0.25, -0.2) is 9.78 Å². The summed E-state index contributed by atoms with van der Waals surface area (Å²) in [5.41, 5.74) is 5.45. The quantitative estimate of drug-likeness (QED) is 0.259. The Balaban J connectivity index is 1.50. The summed E-state index contributed by atoms with van der Waals surface area (Å²) in [5, 5.41) is 0. The van der Waals surface area contributed by atoms with Gasteiger partial charge in [-0.2, -0.15) is 0 Å². The number of benzene rings is 4. The van der Waals surface area contributed by atoms with Crippen molar-refractivity contribution in [3.05, 3.63) is 156 Å². The predicted molar refractivity (Wildman–Crippen MR) is 146 cm³/mol. The van der Waals surface area contributed by atoms with Gasteiger partial charge in [0, 0.05) is 13.1 Å². The molecule has 182 valence electrons. The van der Waals surface area contributed by atoms with Crippen LogP contribution in [0.5, 0.6) is 0 Å². The van der Waals surface area contributed by atoms with Crippen molar-refractivity contribution in [3.63, 3.8) is 0 Å². The number of nitrogens with zero attached hydrogens (tertiary/aromatic N) is 4. The summed E-state index contributed by atoms with van der Waals surface area (Å²) < 4.78 is 2.20. The monoisotopic (exact) mass is 484 g/mol. The first-order valence-electron chi connectivity index (χ1n) is 12.6. The summed E-state index contributed by atoms with van der Waals surface area (Å²) in [6.07, 6.45) is 1.88. The van der Waals surface area contributed by atoms with E-state index in [-0.39, 0.29) is 12.1 Å². The lowest BCUT2D eigenvalue weighted by Crippen LogP contribution is -2.49. The third kappa shape index (κ3) is 4.64. The van der Waals surface area contributed by atoms with Crippen LogP contribution in [0.3, 0.4) is 0 Å². The van der Waals surface area contributed by atoms with E-state index in [1.165, 1.54) is 5.56 Å². The molecule has 0 aliphatic carbocycles. The molecule has 5 aromatic rings. The van der Waals surface area contributed by atoms with Crippen LogP contribution in [0.15, 0.2) is 128 Å². The number of hydrogen-bond donors (Lipinski definition) is 0. The van der Waals surface area contributed by atoms with Crippen LogP contribution in [0, 0.1) is 0 Å². The second-order valence-corrected chi connectivity index (χ2v) is 9.35. The van der Waals surface area contributed by atoms with Crippen molar-refractivity contribution >= 4 is 11.8 Å². The SMILES string of the molecule is O=C1N(Cc2ccccc2)c2ncn(Cc3ccccc3)c2C(c2ccccc2)N1Cc1ccccc1. The molecule has 0 saturated heterocycles. The predicted octanol–water partition coefficient (Wildman–Crippen LogP) is 6.66. The van der Waals surface area contributed by atoms with E-state index in [1.807, 2.05) is 76.8 Å². The Kier molecular flexibility index (Phi) is 6.26. The molecular weight excluding hydrogens is 456 g/mol. The van der Waals surface area contributed by atoms with Crippen molar-refractivity contribution in [1.82, 2.24) is 14.5 Å². The van der Waals surface area contributed by atoms with Gasteiger partial charge in [-0.15, -0.1) is 0 Å². The Morgan fingerprint density at radius 3 is 1.65 bits per heavy atom. The molecular formula is C32H28N4O. The number of carbonyl (C=O) groups is 1. The number of imidazole rings is 1. The molecule has 2 heterocycles. The van der Waals surface area contributed by atoms with Gasteiger partial charge in [0.15, 0.2) is 5.82 Å². The molecule has 0 spiro atoms. The summed E-state index contributed by atoms with van der Waals surface area (Å²) in [6.45, 7) is 1.64. The molecule has 0 radical (unpaired) electrons. The number of hydrogen-bond acceptors (Lipinski definition) is 2.